The van der Waals surface area contributed by atoms with E-state index in [0.717, 1.165) is 22.6 Å². The van der Waals surface area contributed by atoms with Crippen LogP contribution in [0.3, 0.4) is 0 Å². The van der Waals surface area contributed by atoms with Gasteiger partial charge in [0.05, 0.1) is 26.4 Å². The maximum atomic E-state index is 11.0. The van der Waals surface area contributed by atoms with Gasteiger partial charge in [0.1, 0.15) is 5.75 Å². The molecule has 1 aliphatic rings. The van der Waals surface area contributed by atoms with Gasteiger partial charge in [-0.15, -0.1) is 0 Å². The second-order valence-electron chi connectivity index (χ2n) is 5.08. The molecule has 1 aromatic carbocycles. The summed E-state index contributed by atoms with van der Waals surface area (Å²) < 4.78 is 7.10. The highest BCUT2D eigenvalue weighted by Gasteiger charge is 2.23. The zero-order valence-electron chi connectivity index (χ0n) is 11.8. The van der Waals surface area contributed by atoms with E-state index in [2.05, 4.69) is 5.10 Å². The van der Waals surface area contributed by atoms with Crippen LogP contribution in [0.15, 0.2) is 30.5 Å². The van der Waals surface area contributed by atoms with Crippen molar-refractivity contribution in [3.05, 3.63) is 47.3 Å². The monoisotopic (exact) mass is 287 g/mol. The van der Waals surface area contributed by atoms with Crippen LogP contribution in [0.5, 0.6) is 5.75 Å². The molecule has 0 aliphatic carbocycles. The first-order valence-electron chi connectivity index (χ1n) is 6.81. The Morgan fingerprint density at radius 1 is 1.38 bits per heavy atom. The average Bonchev–Trinajstić information content (AvgIpc) is 2.90. The number of nitrogens with zero attached hydrogens (tertiary/aromatic N) is 3. The SMILES string of the molecule is COc1ccc(Cn2ncc3c2CCN(C(=O)O)C3)cc1. The molecule has 1 amide bonds. The maximum Gasteiger partial charge on any atom is 0.407 e. The lowest BCUT2D eigenvalue weighted by Crippen LogP contribution is -2.35. The molecule has 6 nitrogen and oxygen atoms in total. The lowest BCUT2D eigenvalue weighted by Gasteiger charge is -2.24. The number of hydrogen-bond acceptors (Lipinski definition) is 3. The van der Waals surface area contributed by atoms with Gasteiger partial charge >= 0.3 is 6.09 Å². The van der Waals surface area contributed by atoms with Gasteiger partial charge in [-0.3, -0.25) is 4.68 Å². The molecule has 3 rings (SSSR count). The predicted octanol–water partition coefficient (Wildman–Crippen LogP) is 1.98. The number of hydrogen-bond donors (Lipinski definition) is 1. The number of rotatable bonds is 3. The van der Waals surface area contributed by atoms with E-state index in [0.29, 0.717) is 26.1 Å². The number of carboxylic acid groups (broad SMARTS) is 1. The fraction of sp³-hybridized carbons (Fsp3) is 0.333. The zero-order valence-corrected chi connectivity index (χ0v) is 11.8. The van der Waals surface area contributed by atoms with Crippen molar-refractivity contribution in [1.82, 2.24) is 14.7 Å². The fourth-order valence-electron chi connectivity index (χ4n) is 2.60. The molecule has 1 aromatic heterocycles. The largest absolute Gasteiger partial charge is 0.497 e. The molecule has 1 aliphatic heterocycles. The average molecular weight is 287 g/mol. The highest BCUT2D eigenvalue weighted by molar-refractivity contribution is 5.65. The molecule has 0 unspecified atom stereocenters. The summed E-state index contributed by atoms with van der Waals surface area (Å²) in [7, 11) is 1.65. The molecule has 0 saturated heterocycles. The molecule has 0 radical (unpaired) electrons. The number of aromatic nitrogens is 2. The van der Waals surface area contributed by atoms with Crippen LogP contribution in [-0.4, -0.2) is 39.5 Å². The summed E-state index contributed by atoms with van der Waals surface area (Å²) in [4.78, 5) is 12.4. The van der Waals surface area contributed by atoms with E-state index in [9.17, 15) is 4.79 Å². The highest BCUT2D eigenvalue weighted by Crippen LogP contribution is 2.20. The molecule has 0 spiro atoms. The van der Waals surface area contributed by atoms with Gasteiger partial charge in [0.15, 0.2) is 0 Å². The quantitative estimate of drug-likeness (QED) is 0.937. The van der Waals surface area contributed by atoms with Crippen LogP contribution in [0.4, 0.5) is 4.79 Å². The van der Waals surface area contributed by atoms with Crippen LogP contribution >= 0.6 is 0 Å². The molecular weight excluding hydrogens is 270 g/mol. The summed E-state index contributed by atoms with van der Waals surface area (Å²) in [5.74, 6) is 0.832. The first kappa shape index (κ1) is 13.5. The minimum atomic E-state index is -0.872. The standard InChI is InChI=1S/C15H17N3O3/c1-21-13-4-2-11(3-5-13)9-18-14-6-7-17(15(19)20)10-12(14)8-16-18/h2-5,8H,6-7,9-10H2,1H3,(H,19,20). The fourth-order valence-corrected chi connectivity index (χ4v) is 2.60. The molecular formula is C15H17N3O3. The van der Waals surface area contributed by atoms with Gasteiger partial charge < -0.3 is 14.7 Å². The number of amides is 1. The highest BCUT2D eigenvalue weighted by atomic mass is 16.5. The van der Waals surface area contributed by atoms with Crippen molar-refractivity contribution in [2.45, 2.75) is 19.5 Å². The molecule has 0 atom stereocenters. The van der Waals surface area contributed by atoms with Gasteiger partial charge in [0.25, 0.3) is 0 Å². The Morgan fingerprint density at radius 2 is 2.14 bits per heavy atom. The Balaban J connectivity index is 1.77. The number of fused-ring (bicyclic) bond motifs is 1. The molecule has 2 heterocycles. The minimum absolute atomic E-state index is 0.424. The van der Waals surface area contributed by atoms with Crippen LogP contribution in [0.2, 0.25) is 0 Å². The number of ether oxygens (including phenoxy) is 1. The smallest absolute Gasteiger partial charge is 0.407 e. The van der Waals surface area contributed by atoms with Gasteiger partial charge in [-0.25, -0.2) is 4.79 Å². The van der Waals surface area contributed by atoms with Crippen LogP contribution in [0.1, 0.15) is 16.8 Å². The van der Waals surface area contributed by atoms with Crippen molar-refractivity contribution < 1.29 is 14.6 Å². The van der Waals surface area contributed by atoms with Crippen LogP contribution in [-0.2, 0) is 19.5 Å². The third-order valence-electron chi connectivity index (χ3n) is 3.78. The molecule has 6 heteroatoms. The van der Waals surface area contributed by atoms with E-state index in [1.807, 2.05) is 28.9 Å². The lowest BCUT2D eigenvalue weighted by molar-refractivity contribution is 0.139. The first-order valence-corrected chi connectivity index (χ1v) is 6.81. The van der Waals surface area contributed by atoms with Gasteiger partial charge in [-0.1, -0.05) is 12.1 Å². The number of benzene rings is 1. The van der Waals surface area contributed by atoms with Gasteiger partial charge in [-0.2, -0.15) is 5.10 Å². The van der Waals surface area contributed by atoms with Crippen molar-refractivity contribution in [2.75, 3.05) is 13.7 Å². The van der Waals surface area contributed by atoms with E-state index in [-0.39, 0.29) is 0 Å². The normalized spacial score (nSPS) is 13.9. The summed E-state index contributed by atoms with van der Waals surface area (Å²) in [6.45, 7) is 1.64. The van der Waals surface area contributed by atoms with Crippen LogP contribution < -0.4 is 4.74 Å². The lowest BCUT2D eigenvalue weighted by atomic mass is 10.1. The Morgan fingerprint density at radius 3 is 2.81 bits per heavy atom. The molecule has 0 fully saturated rings. The second kappa shape index (κ2) is 5.47. The number of methoxy groups -OCH3 is 1. The Hall–Kier alpha value is -2.50. The molecule has 110 valence electrons. The van der Waals surface area contributed by atoms with Crippen molar-refractivity contribution in [3.63, 3.8) is 0 Å². The van der Waals surface area contributed by atoms with E-state index in [4.69, 9.17) is 9.84 Å². The van der Waals surface area contributed by atoms with E-state index in [1.54, 1.807) is 13.3 Å². The number of carbonyl (C=O) groups is 1. The van der Waals surface area contributed by atoms with Gasteiger partial charge in [0.2, 0.25) is 0 Å². The van der Waals surface area contributed by atoms with Gasteiger partial charge in [0, 0.05) is 24.2 Å². The Bertz CT molecular complexity index is 649. The van der Waals surface area contributed by atoms with Crippen LogP contribution in [0, 0.1) is 0 Å². The van der Waals surface area contributed by atoms with Crippen LogP contribution in [0.25, 0.3) is 0 Å². The van der Waals surface area contributed by atoms with Crippen molar-refractivity contribution in [3.8, 4) is 5.75 Å². The maximum absolute atomic E-state index is 11.0. The Kier molecular flexibility index (Phi) is 3.51. The minimum Gasteiger partial charge on any atom is -0.497 e. The van der Waals surface area contributed by atoms with E-state index in [1.165, 1.54) is 4.90 Å². The topological polar surface area (TPSA) is 67.6 Å². The van der Waals surface area contributed by atoms with Crippen molar-refractivity contribution >= 4 is 6.09 Å². The molecule has 21 heavy (non-hydrogen) atoms. The third-order valence-corrected chi connectivity index (χ3v) is 3.78. The molecule has 2 aromatic rings. The van der Waals surface area contributed by atoms with Gasteiger partial charge in [-0.05, 0) is 17.7 Å². The Labute approximate surface area is 122 Å². The third kappa shape index (κ3) is 2.69. The molecule has 1 N–H and O–H groups in total. The van der Waals surface area contributed by atoms with Crippen molar-refractivity contribution in [2.24, 2.45) is 0 Å². The predicted molar refractivity (Wildman–Crippen MR) is 76.5 cm³/mol. The summed E-state index contributed by atoms with van der Waals surface area (Å²) in [5.41, 5.74) is 3.27. The second-order valence-corrected chi connectivity index (χ2v) is 5.08. The summed E-state index contributed by atoms with van der Waals surface area (Å²) in [5, 5.41) is 13.4. The summed E-state index contributed by atoms with van der Waals surface area (Å²) in [6.07, 6.45) is 1.61. The zero-order chi connectivity index (χ0) is 14.8. The van der Waals surface area contributed by atoms with E-state index >= 15 is 0 Å². The molecule has 0 bridgehead atoms. The molecule has 0 saturated carbocycles. The van der Waals surface area contributed by atoms with E-state index < -0.39 is 6.09 Å². The summed E-state index contributed by atoms with van der Waals surface area (Å²) in [6, 6.07) is 7.88. The summed E-state index contributed by atoms with van der Waals surface area (Å²) >= 11 is 0. The first-order chi connectivity index (χ1) is 10.2. The van der Waals surface area contributed by atoms with Crippen molar-refractivity contribution in [1.29, 1.82) is 0 Å².